The van der Waals surface area contributed by atoms with Gasteiger partial charge in [0.25, 0.3) is 0 Å². The van der Waals surface area contributed by atoms with Gasteiger partial charge in [0, 0.05) is 31.5 Å². The SMILES string of the molecule is COC(=O)C=Cc1ccccc1N1CCCC(CO[Si](C)(C)C(C)(C)C)C1. The van der Waals surface area contributed by atoms with E-state index in [-0.39, 0.29) is 11.0 Å². The Morgan fingerprint density at radius 1 is 1.30 bits per heavy atom. The monoisotopic (exact) mass is 389 g/mol. The summed E-state index contributed by atoms with van der Waals surface area (Å²) >= 11 is 0. The van der Waals surface area contributed by atoms with Crippen LogP contribution in [-0.4, -0.2) is 41.1 Å². The number of nitrogens with zero attached hydrogens (tertiary/aromatic N) is 1. The predicted octanol–water partition coefficient (Wildman–Crippen LogP) is 5.11. The first kappa shape index (κ1) is 21.7. The minimum absolute atomic E-state index is 0.243. The second kappa shape index (κ2) is 9.07. The van der Waals surface area contributed by atoms with Crippen molar-refractivity contribution in [3.63, 3.8) is 0 Å². The van der Waals surface area contributed by atoms with Crippen LogP contribution in [0.15, 0.2) is 30.3 Å². The molecule has 0 radical (unpaired) electrons. The third-order valence-electron chi connectivity index (χ3n) is 5.88. The van der Waals surface area contributed by atoms with Crippen LogP contribution in [0.1, 0.15) is 39.2 Å². The molecule has 0 saturated carbocycles. The van der Waals surface area contributed by atoms with E-state index < -0.39 is 8.32 Å². The Balaban J connectivity index is 2.06. The number of ether oxygens (including phenoxy) is 1. The molecule has 5 heteroatoms. The van der Waals surface area contributed by atoms with Crippen molar-refractivity contribution in [1.82, 2.24) is 0 Å². The maximum absolute atomic E-state index is 11.4. The maximum atomic E-state index is 11.4. The number of carbonyl (C=O) groups excluding carboxylic acids is 1. The first-order chi connectivity index (χ1) is 12.6. The number of para-hydroxylation sites is 1. The average Bonchev–Trinajstić information content (AvgIpc) is 2.64. The van der Waals surface area contributed by atoms with Gasteiger partial charge in [-0.05, 0) is 54.6 Å². The first-order valence-corrected chi connectivity index (χ1v) is 12.8. The highest BCUT2D eigenvalue weighted by Gasteiger charge is 2.37. The van der Waals surface area contributed by atoms with E-state index in [1.165, 1.54) is 31.7 Å². The molecule has 1 aromatic carbocycles. The Hall–Kier alpha value is -1.59. The van der Waals surface area contributed by atoms with E-state index in [0.29, 0.717) is 5.92 Å². The Morgan fingerprint density at radius 3 is 2.67 bits per heavy atom. The highest BCUT2D eigenvalue weighted by molar-refractivity contribution is 6.74. The molecule has 0 amide bonds. The zero-order chi connectivity index (χ0) is 20.1. The molecule has 1 aliphatic heterocycles. The number of benzene rings is 1. The van der Waals surface area contributed by atoms with Gasteiger partial charge in [-0.3, -0.25) is 0 Å². The Morgan fingerprint density at radius 2 is 2.00 bits per heavy atom. The quantitative estimate of drug-likeness (QED) is 0.385. The van der Waals surface area contributed by atoms with Crippen molar-refractivity contribution < 1.29 is 14.0 Å². The smallest absolute Gasteiger partial charge is 0.330 e. The molecular weight excluding hydrogens is 354 g/mol. The summed E-state index contributed by atoms with van der Waals surface area (Å²) in [6.07, 6.45) is 5.71. The number of esters is 1. The predicted molar refractivity (Wildman–Crippen MR) is 116 cm³/mol. The molecule has 2 rings (SSSR count). The van der Waals surface area contributed by atoms with Crippen LogP contribution in [0.25, 0.3) is 6.08 Å². The molecule has 1 fully saturated rings. The summed E-state index contributed by atoms with van der Waals surface area (Å²) in [5.74, 6) is 0.217. The molecule has 0 bridgehead atoms. The standard InChI is InChI=1S/C22H35NO3Si/c1-22(2,3)27(5,6)26-17-18-10-9-15-23(16-18)20-12-8-7-11-19(20)13-14-21(24)25-4/h7-8,11-14,18H,9-10,15-17H2,1-6H3. The third-order valence-corrected chi connectivity index (χ3v) is 10.4. The second-order valence-electron chi connectivity index (χ2n) is 8.94. The van der Waals surface area contributed by atoms with Crippen LogP contribution in [0.4, 0.5) is 5.69 Å². The molecule has 1 aromatic rings. The Bertz CT molecular complexity index is 664. The Kier molecular flexibility index (Phi) is 7.29. The largest absolute Gasteiger partial charge is 0.466 e. The van der Waals surface area contributed by atoms with Crippen LogP contribution >= 0.6 is 0 Å². The third kappa shape index (κ3) is 5.94. The van der Waals surface area contributed by atoms with Gasteiger partial charge in [0.1, 0.15) is 0 Å². The molecule has 27 heavy (non-hydrogen) atoms. The Labute approximate surface area is 165 Å². The van der Waals surface area contributed by atoms with Crippen molar-refractivity contribution in [1.29, 1.82) is 0 Å². The highest BCUT2D eigenvalue weighted by Crippen LogP contribution is 2.37. The second-order valence-corrected chi connectivity index (χ2v) is 13.8. The van der Waals surface area contributed by atoms with Crippen molar-refractivity contribution in [2.75, 3.05) is 31.7 Å². The summed E-state index contributed by atoms with van der Waals surface area (Å²) < 4.78 is 11.2. The van der Waals surface area contributed by atoms with Gasteiger partial charge in [-0.15, -0.1) is 0 Å². The molecule has 0 aliphatic carbocycles. The number of anilines is 1. The first-order valence-electron chi connectivity index (χ1n) is 9.88. The topological polar surface area (TPSA) is 38.8 Å². The highest BCUT2D eigenvalue weighted by atomic mass is 28.4. The zero-order valence-corrected chi connectivity index (χ0v) is 18.7. The molecule has 1 unspecified atom stereocenters. The normalized spacial score (nSPS) is 18.7. The molecule has 1 atom stereocenters. The van der Waals surface area contributed by atoms with Crippen LogP contribution in [0.3, 0.4) is 0 Å². The zero-order valence-electron chi connectivity index (χ0n) is 17.7. The van der Waals surface area contributed by atoms with Gasteiger partial charge in [0.15, 0.2) is 8.32 Å². The molecule has 1 aliphatic rings. The molecule has 0 spiro atoms. The molecule has 4 nitrogen and oxygen atoms in total. The summed E-state index contributed by atoms with van der Waals surface area (Å²) in [5, 5.41) is 0.243. The molecule has 0 N–H and O–H groups in total. The summed E-state index contributed by atoms with van der Waals surface area (Å²) in [6.45, 7) is 14.4. The van der Waals surface area contributed by atoms with E-state index in [9.17, 15) is 4.79 Å². The van der Waals surface area contributed by atoms with E-state index >= 15 is 0 Å². The van der Waals surface area contributed by atoms with Crippen molar-refractivity contribution in [2.45, 2.75) is 51.7 Å². The van der Waals surface area contributed by atoms with E-state index in [4.69, 9.17) is 9.16 Å². The van der Waals surface area contributed by atoms with Crippen LogP contribution < -0.4 is 4.90 Å². The lowest BCUT2D eigenvalue weighted by Crippen LogP contribution is -2.44. The fourth-order valence-electron chi connectivity index (χ4n) is 3.10. The number of rotatable bonds is 6. The summed E-state index contributed by atoms with van der Waals surface area (Å²) in [6, 6.07) is 8.24. The molecule has 0 aromatic heterocycles. The van der Waals surface area contributed by atoms with Crippen LogP contribution in [-0.2, 0) is 14.0 Å². The van der Waals surface area contributed by atoms with Gasteiger partial charge in [-0.2, -0.15) is 0 Å². The van der Waals surface area contributed by atoms with E-state index in [0.717, 1.165) is 25.3 Å². The number of hydrogen-bond acceptors (Lipinski definition) is 4. The van der Waals surface area contributed by atoms with Crippen molar-refractivity contribution in [3.8, 4) is 0 Å². The lowest BCUT2D eigenvalue weighted by atomic mass is 9.97. The number of carbonyl (C=O) groups is 1. The lowest BCUT2D eigenvalue weighted by Gasteiger charge is -2.40. The van der Waals surface area contributed by atoms with Gasteiger partial charge >= 0.3 is 5.97 Å². The maximum Gasteiger partial charge on any atom is 0.330 e. The summed E-state index contributed by atoms with van der Waals surface area (Å²) in [7, 11) is -0.313. The molecule has 150 valence electrons. The van der Waals surface area contributed by atoms with Gasteiger partial charge in [-0.1, -0.05) is 39.0 Å². The van der Waals surface area contributed by atoms with E-state index in [1.807, 2.05) is 18.2 Å². The summed E-state index contributed by atoms with van der Waals surface area (Å²) in [4.78, 5) is 13.9. The summed E-state index contributed by atoms with van der Waals surface area (Å²) in [5.41, 5.74) is 2.23. The van der Waals surface area contributed by atoms with Gasteiger partial charge in [-0.25, -0.2) is 4.79 Å². The van der Waals surface area contributed by atoms with Gasteiger partial charge in [0.05, 0.1) is 7.11 Å². The van der Waals surface area contributed by atoms with Crippen LogP contribution in [0.5, 0.6) is 0 Å². The van der Waals surface area contributed by atoms with Crippen LogP contribution in [0.2, 0.25) is 18.1 Å². The minimum Gasteiger partial charge on any atom is -0.466 e. The lowest BCUT2D eigenvalue weighted by molar-refractivity contribution is -0.134. The number of piperidine rings is 1. The van der Waals surface area contributed by atoms with E-state index in [2.05, 4.69) is 50.9 Å². The molecule has 1 saturated heterocycles. The number of methoxy groups -OCH3 is 1. The minimum atomic E-state index is -1.71. The van der Waals surface area contributed by atoms with Crippen LogP contribution in [0, 0.1) is 5.92 Å². The van der Waals surface area contributed by atoms with E-state index in [1.54, 1.807) is 0 Å². The molecular formula is C22H35NO3Si. The number of hydrogen-bond donors (Lipinski definition) is 0. The van der Waals surface area contributed by atoms with Gasteiger partial charge in [0.2, 0.25) is 0 Å². The fraction of sp³-hybridized carbons (Fsp3) is 0.591. The fourth-order valence-corrected chi connectivity index (χ4v) is 4.19. The van der Waals surface area contributed by atoms with Crippen molar-refractivity contribution in [2.24, 2.45) is 5.92 Å². The van der Waals surface area contributed by atoms with Gasteiger partial charge < -0.3 is 14.1 Å². The molecule has 1 heterocycles. The average molecular weight is 390 g/mol. The van der Waals surface area contributed by atoms with Crippen molar-refractivity contribution >= 4 is 26.1 Å². The van der Waals surface area contributed by atoms with Crippen molar-refractivity contribution in [3.05, 3.63) is 35.9 Å².